The lowest BCUT2D eigenvalue weighted by Gasteiger charge is -2.31. The van der Waals surface area contributed by atoms with Crippen molar-refractivity contribution in [2.45, 2.75) is 83.8 Å². The van der Waals surface area contributed by atoms with E-state index in [1.54, 1.807) is 0 Å². The molecular formula is C22H42NO7+. The molecule has 0 saturated heterocycles. The number of hydrogen-bond acceptors (Lipinski definition) is 6. The van der Waals surface area contributed by atoms with Gasteiger partial charge in [0.05, 0.1) is 34.4 Å². The highest BCUT2D eigenvalue weighted by molar-refractivity contribution is 5.72. The molecule has 0 aromatic rings. The molecule has 0 aliphatic carbocycles. The molecule has 0 aromatic carbocycles. The summed E-state index contributed by atoms with van der Waals surface area (Å²) < 4.78 is 16.6. The zero-order valence-corrected chi connectivity index (χ0v) is 19.5. The van der Waals surface area contributed by atoms with Crippen molar-refractivity contribution < 1.29 is 38.2 Å². The number of esters is 2. The molecule has 0 spiro atoms. The fourth-order valence-corrected chi connectivity index (χ4v) is 2.91. The quantitative estimate of drug-likeness (QED) is 0.202. The molecule has 0 aromatic heterocycles. The van der Waals surface area contributed by atoms with E-state index < -0.39 is 18.1 Å². The van der Waals surface area contributed by atoms with Crippen LogP contribution in [0.2, 0.25) is 0 Å². The number of likely N-dealkylation sites (N-methyl/N-ethyl adjacent to an activating group) is 1. The van der Waals surface area contributed by atoms with Gasteiger partial charge in [0, 0.05) is 19.3 Å². The molecule has 8 heteroatoms. The zero-order valence-electron chi connectivity index (χ0n) is 19.5. The van der Waals surface area contributed by atoms with Crippen molar-refractivity contribution in [2.75, 3.05) is 41.0 Å². The second kappa shape index (κ2) is 16.1. The Morgan fingerprint density at radius 1 is 0.867 bits per heavy atom. The number of carbonyl (C=O) groups is 3. The fourth-order valence-electron chi connectivity index (χ4n) is 2.91. The minimum absolute atomic E-state index is 0.0534. The Hall–Kier alpha value is -1.67. The normalized spacial score (nSPS) is 13.5. The Bertz CT molecular complexity index is 502. The van der Waals surface area contributed by atoms with Gasteiger partial charge >= 0.3 is 17.9 Å². The molecule has 0 heterocycles. The van der Waals surface area contributed by atoms with Crippen LogP contribution in [0.1, 0.15) is 71.6 Å². The highest BCUT2D eigenvalue weighted by Gasteiger charge is 2.31. The first-order valence-electron chi connectivity index (χ1n) is 11.1. The van der Waals surface area contributed by atoms with Crippen molar-refractivity contribution in [3.8, 4) is 0 Å². The summed E-state index contributed by atoms with van der Waals surface area (Å²) in [6.07, 6.45) is 5.76. The maximum atomic E-state index is 12.0. The van der Waals surface area contributed by atoms with Crippen molar-refractivity contribution in [3.63, 3.8) is 0 Å². The standard InChI is InChI=1S/C22H41NO7/c1-6-8-10-12-20(24)29-17-18(30-21(25)13-11-9-7-2)16-28-15-14-19(22(26)27)23(3,4)5/h18-19H,6-17H2,1-5H3/p+1. The van der Waals surface area contributed by atoms with Gasteiger partial charge < -0.3 is 23.8 Å². The summed E-state index contributed by atoms with van der Waals surface area (Å²) in [6, 6.07) is -0.601. The van der Waals surface area contributed by atoms with Gasteiger partial charge in [-0.25, -0.2) is 4.79 Å². The SMILES string of the molecule is CCCCCC(=O)OCC(COCCC(C(=O)O)[N+](C)(C)C)OC(=O)CCCCC. The monoisotopic (exact) mass is 432 g/mol. The Morgan fingerprint density at radius 2 is 1.43 bits per heavy atom. The molecule has 0 rings (SSSR count). The molecule has 176 valence electrons. The van der Waals surface area contributed by atoms with Crippen molar-refractivity contribution in [1.82, 2.24) is 0 Å². The van der Waals surface area contributed by atoms with Crippen LogP contribution in [0.5, 0.6) is 0 Å². The molecule has 0 amide bonds. The average molecular weight is 433 g/mol. The van der Waals surface area contributed by atoms with E-state index >= 15 is 0 Å². The number of hydrogen-bond donors (Lipinski definition) is 1. The topological polar surface area (TPSA) is 99.1 Å². The first kappa shape index (κ1) is 28.3. The van der Waals surface area contributed by atoms with Crippen molar-refractivity contribution >= 4 is 17.9 Å². The molecule has 1 N–H and O–H groups in total. The smallest absolute Gasteiger partial charge is 0.362 e. The molecule has 0 aliphatic heterocycles. The lowest BCUT2D eigenvalue weighted by Crippen LogP contribution is -2.50. The fraction of sp³-hybridized carbons (Fsp3) is 0.864. The van der Waals surface area contributed by atoms with Crippen LogP contribution in [0.3, 0.4) is 0 Å². The van der Waals surface area contributed by atoms with Gasteiger partial charge in [-0.1, -0.05) is 39.5 Å². The molecule has 8 nitrogen and oxygen atoms in total. The third-order valence-corrected chi connectivity index (χ3v) is 4.76. The lowest BCUT2D eigenvalue weighted by molar-refractivity contribution is -0.887. The van der Waals surface area contributed by atoms with Crippen LogP contribution < -0.4 is 0 Å². The molecule has 0 aliphatic rings. The van der Waals surface area contributed by atoms with Gasteiger partial charge in [-0.15, -0.1) is 0 Å². The van der Waals surface area contributed by atoms with E-state index in [1.165, 1.54) is 0 Å². The Balaban J connectivity index is 4.57. The first-order valence-corrected chi connectivity index (χ1v) is 11.1. The van der Waals surface area contributed by atoms with Gasteiger partial charge in [-0.05, 0) is 12.8 Å². The van der Waals surface area contributed by atoms with Crippen LogP contribution in [0.25, 0.3) is 0 Å². The number of aliphatic carboxylic acids is 1. The van der Waals surface area contributed by atoms with Gasteiger partial charge in [0.2, 0.25) is 0 Å². The second-order valence-electron chi connectivity index (χ2n) is 8.54. The van der Waals surface area contributed by atoms with E-state index in [0.29, 0.717) is 19.3 Å². The van der Waals surface area contributed by atoms with Crippen LogP contribution >= 0.6 is 0 Å². The van der Waals surface area contributed by atoms with Crippen molar-refractivity contribution in [2.24, 2.45) is 0 Å². The number of carboxylic acid groups (broad SMARTS) is 1. The van der Waals surface area contributed by atoms with Crippen molar-refractivity contribution in [1.29, 1.82) is 0 Å². The van der Waals surface area contributed by atoms with E-state index in [-0.39, 0.29) is 36.2 Å². The van der Waals surface area contributed by atoms with Gasteiger partial charge in [-0.3, -0.25) is 9.59 Å². The molecule has 0 bridgehead atoms. The van der Waals surface area contributed by atoms with Crippen molar-refractivity contribution in [3.05, 3.63) is 0 Å². The highest BCUT2D eigenvalue weighted by atomic mass is 16.6. The number of unbranched alkanes of at least 4 members (excludes halogenated alkanes) is 4. The summed E-state index contributed by atoms with van der Waals surface area (Å²) in [7, 11) is 5.45. The Morgan fingerprint density at radius 3 is 1.93 bits per heavy atom. The maximum absolute atomic E-state index is 12.0. The summed E-state index contributed by atoms with van der Waals surface area (Å²) in [5.41, 5.74) is 0. The van der Waals surface area contributed by atoms with E-state index in [9.17, 15) is 19.5 Å². The minimum Gasteiger partial charge on any atom is -0.477 e. The number of quaternary nitrogens is 1. The average Bonchev–Trinajstić information content (AvgIpc) is 2.64. The second-order valence-corrected chi connectivity index (χ2v) is 8.54. The van der Waals surface area contributed by atoms with E-state index in [1.807, 2.05) is 21.1 Å². The largest absolute Gasteiger partial charge is 0.477 e. The summed E-state index contributed by atoms with van der Waals surface area (Å²) in [4.78, 5) is 35.3. The molecule has 30 heavy (non-hydrogen) atoms. The molecule has 0 radical (unpaired) electrons. The predicted octanol–water partition coefficient (Wildman–Crippen LogP) is 3.17. The molecule has 2 atom stereocenters. The summed E-state index contributed by atoms with van der Waals surface area (Å²) in [6.45, 7) is 4.33. The van der Waals surface area contributed by atoms with Gasteiger partial charge in [-0.2, -0.15) is 0 Å². The van der Waals surface area contributed by atoms with E-state index in [4.69, 9.17) is 14.2 Å². The van der Waals surface area contributed by atoms with Crippen LogP contribution in [-0.4, -0.2) is 80.6 Å². The van der Waals surface area contributed by atoms with Gasteiger partial charge in [0.1, 0.15) is 6.61 Å². The van der Waals surface area contributed by atoms with E-state index in [2.05, 4.69) is 13.8 Å². The zero-order chi connectivity index (χ0) is 23.0. The third kappa shape index (κ3) is 14.3. The van der Waals surface area contributed by atoms with Crippen LogP contribution in [0.4, 0.5) is 0 Å². The third-order valence-electron chi connectivity index (χ3n) is 4.76. The van der Waals surface area contributed by atoms with Crippen LogP contribution in [0, 0.1) is 0 Å². The van der Waals surface area contributed by atoms with Gasteiger partial charge in [0.15, 0.2) is 12.1 Å². The van der Waals surface area contributed by atoms with Gasteiger partial charge in [0.25, 0.3) is 0 Å². The molecule has 0 fully saturated rings. The Labute approximate surface area is 181 Å². The first-order chi connectivity index (χ1) is 14.1. The minimum atomic E-state index is -0.883. The summed E-state index contributed by atoms with van der Waals surface area (Å²) in [5, 5.41) is 9.38. The summed E-state index contributed by atoms with van der Waals surface area (Å²) in [5.74, 6) is -1.54. The molecule has 2 unspecified atom stereocenters. The Kier molecular flexibility index (Phi) is 15.2. The van der Waals surface area contributed by atoms with E-state index in [0.717, 1.165) is 38.5 Å². The van der Waals surface area contributed by atoms with Crippen LogP contribution in [0.15, 0.2) is 0 Å². The predicted molar refractivity (Wildman–Crippen MR) is 114 cm³/mol. The highest BCUT2D eigenvalue weighted by Crippen LogP contribution is 2.10. The number of carbonyl (C=O) groups excluding carboxylic acids is 2. The number of ether oxygens (including phenoxy) is 3. The molecule has 0 saturated carbocycles. The number of carboxylic acids is 1. The van der Waals surface area contributed by atoms with Crippen LogP contribution in [-0.2, 0) is 28.6 Å². The summed E-state index contributed by atoms with van der Waals surface area (Å²) >= 11 is 0. The maximum Gasteiger partial charge on any atom is 0.362 e. The lowest BCUT2D eigenvalue weighted by atomic mass is 10.1. The molecular weight excluding hydrogens is 390 g/mol. The number of rotatable bonds is 18. The number of nitrogens with zero attached hydrogens (tertiary/aromatic N) is 1.